The smallest absolute Gasteiger partial charge is 0.338 e. The van der Waals surface area contributed by atoms with Crippen LogP contribution in [-0.2, 0) is 22.7 Å². The first-order valence-corrected chi connectivity index (χ1v) is 10.9. The highest BCUT2D eigenvalue weighted by atomic mass is 16.5. The average molecular weight is 454 g/mol. The van der Waals surface area contributed by atoms with Gasteiger partial charge in [-0.3, -0.25) is 0 Å². The number of rotatable bonds is 7. The molecule has 0 bridgehead atoms. The Morgan fingerprint density at radius 3 is 2.24 bits per heavy atom. The number of carbonyl (C=O) groups is 1. The summed E-state index contributed by atoms with van der Waals surface area (Å²) >= 11 is 0. The van der Waals surface area contributed by atoms with E-state index in [2.05, 4.69) is 20.8 Å². The van der Waals surface area contributed by atoms with E-state index in [1.54, 1.807) is 4.68 Å². The minimum Gasteiger partial charge on any atom is -0.489 e. The zero-order valence-corrected chi connectivity index (χ0v) is 18.6. The summed E-state index contributed by atoms with van der Waals surface area (Å²) < 4.78 is 13.1. The normalized spacial score (nSPS) is 14.8. The molecule has 8 heteroatoms. The molecule has 0 radical (unpaired) electrons. The number of hydrogen-bond acceptors (Lipinski definition) is 7. The molecule has 8 nitrogen and oxygen atoms in total. The first-order valence-electron chi connectivity index (χ1n) is 10.9. The summed E-state index contributed by atoms with van der Waals surface area (Å²) in [4.78, 5) is 13.2. The molecule has 1 atom stereocenters. The third-order valence-electron chi connectivity index (χ3n) is 5.59. The Balaban J connectivity index is 1.38. The van der Waals surface area contributed by atoms with Gasteiger partial charge in [0.25, 0.3) is 0 Å². The largest absolute Gasteiger partial charge is 0.489 e. The van der Waals surface area contributed by atoms with Gasteiger partial charge >= 0.3 is 5.97 Å². The predicted octanol–water partition coefficient (Wildman–Crippen LogP) is 4.28. The van der Waals surface area contributed by atoms with Gasteiger partial charge in [-0.2, -0.15) is 4.68 Å². The lowest BCUT2D eigenvalue weighted by Gasteiger charge is -2.27. The molecule has 3 aromatic carbocycles. The number of anilines is 1. The molecule has 4 aromatic rings. The Bertz CT molecular complexity index is 1300. The van der Waals surface area contributed by atoms with Crippen LogP contribution in [0.25, 0.3) is 0 Å². The molecule has 1 unspecified atom stereocenters. The molecule has 5 rings (SSSR count). The molecule has 0 spiro atoms. The van der Waals surface area contributed by atoms with E-state index in [0.29, 0.717) is 23.8 Å². The number of benzene rings is 3. The molecule has 170 valence electrons. The summed E-state index contributed by atoms with van der Waals surface area (Å²) in [7, 11) is 0. The Labute approximate surface area is 196 Å². The lowest BCUT2D eigenvalue weighted by atomic mass is 9.95. The molecule has 0 amide bonds. The number of fused-ring (bicyclic) bond motifs is 1. The van der Waals surface area contributed by atoms with Crippen LogP contribution in [0.3, 0.4) is 0 Å². The van der Waals surface area contributed by atoms with Crippen molar-refractivity contribution in [2.24, 2.45) is 0 Å². The van der Waals surface area contributed by atoms with E-state index in [4.69, 9.17) is 9.47 Å². The van der Waals surface area contributed by atoms with Gasteiger partial charge < -0.3 is 14.8 Å². The molecule has 0 saturated carbocycles. The Hall–Kier alpha value is -4.46. The molecule has 0 aliphatic carbocycles. The fourth-order valence-corrected chi connectivity index (χ4v) is 3.87. The highest BCUT2D eigenvalue weighted by molar-refractivity contribution is 5.92. The van der Waals surface area contributed by atoms with Crippen LogP contribution in [0.15, 0.2) is 96.2 Å². The monoisotopic (exact) mass is 453 g/mol. The molecule has 1 N–H and O–H groups in total. The van der Waals surface area contributed by atoms with Crippen LogP contribution < -0.4 is 10.1 Å². The average Bonchev–Trinajstić information content (AvgIpc) is 3.35. The first kappa shape index (κ1) is 21.4. The van der Waals surface area contributed by atoms with Crippen LogP contribution in [0.2, 0.25) is 0 Å². The molecule has 1 aliphatic rings. The van der Waals surface area contributed by atoms with Crippen molar-refractivity contribution < 1.29 is 14.3 Å². The van der Waals surface area contributed by atoms with Crippen LogP contribution in [0.4, 0.5) is 5.95 Å². The second-order valence-corrected chi connectivity index (χ2v) is 7.92. The van der Waals surface area contributed by atoms with Crippen molar-refractivity contribution in [3.8, 4) is 5.75 Å². The van der Waals surface area contributed by atoms with Crippen molar-refractivity contribution in [2.45, 2.75) is 26.2 Å². The highest BCUT2D eigenvalue weighted by Gasteiger charge is 2.35. The van der Waals surface area contributed by atoms with Gasteiger partial charge in [0.1, 0.15) is 25.0 Å². The van der Waals surface area contributed by atoms with Crippen molar-refractivity contribution in [3.63, 3.8) is 0 Å². The van der Waals surface area contributed by atoms with Crippen molar-refractivity contribution in [3.05, 3.63) is 113 Å². The second kappa shape index (κ2) is 9.58. The van der Waals surface area contributed by atoms with Crippen molar-refractivity contribution in [1.29, 1.82) is 0 Å². The molecule has 34 heavy (non-hydrogen) atoms. The van der Waals surface area contributed by atoms with E-state index in [1.165, 1.54) is 0 Å². The van der Waals surface area contributed by atoms with Crippen LogP contribution in [0, 0.1) is 0 Å². The van der Waals surface area contributed by atoms with E-state index in [1.807, 2.05) is 91.9 Å². The number of esters is 1. The van der Waals surface area contributed by atoms with Gasteiger partial charge in [0.15, 0.2) is 0 Å². The fraction of sp³-hybridized carbons (Fsp3) is 0.154. The summed E-state index contributed by atoms with van der Waals surface area (Å²) in [6.07, 6.45) is 0. The highest BCUT2D eigenvalue weighted by Crippen LogP contribution is 2.35. The fourth-order valence-electron chi connectivity index (χ4n) is 3.87. The minimum atomic E-state index is -0.530. The van der Waals surface area contributed by atoms with Gasteiger partial charge in [-0.25, -0.2) is 4.79 Å². The Morgan fingerprint density at radius 1 is 0.912 bits per heavy atom. The van der Waals surface area contributed by atoms with E-state index < -0.39 is 12.0 Å². The third-order valence-corrected chi connectivity index (χ3v) is 5.59. The van der Waals surface area contributed by atoms with Gasteiger partial charge in [-0.05, 0) is 46.2 Å². The van der Waals surface area contributed by atoms with E-state index in [-0.39, 0.29) is 6.61 Å². The minimum absolute atomic E-state index is 0.178. The summed E-state index contributed by atoms with van der Waals surface area (Å²) in [5, 5.41) is 15.0. The Kier molecular flexibility index (Phi) is 6.03. The van der Waals surface area contributed by atoms with Gasteiger partial charge in [-0.1, -0.05) is 77.9 Å². The van der Waals surface area contributed by atoms with Crippen molar-refractivity contribution in [1.82, 2.24) is 20.2 Å². The number of allylic oxidation sites excluding steroid dienone is 1. The number of nitrogens with one attached hydrogen (secondary N) is 1. The zero-order chi connectivity index (χ0) is 23.3. The van der Waals surface area contributed by atoms with Gasteiger partial charge in [0, 0.05) is 5.70 Å². The molecule has 0 fully saturated rings. The third kappa shape index (κ3) is 4.52. The topological polar surface area (TPSA) is 91.2 Å². The number of tetrazole rings is 1. The molecular weight excluding hydrogens is 430 g/mol. The van der Waals surface area contributed by atoms with E-state index in [0.717, 1.165) is 22.4 Å². The standard InChI is InChI=1S/C26H23N5O3/c1-18-23(25(32)34-17-20-10-6-3-7-11-20)24(31-26(27-18)28-29-30-31)21-12-14-22(15-13-21)33-16-19-8-4-2-5-9-19/h2-15,24H,16-17H2,1H3,(H,27,28,30). The van der Waals surface area contributed by atoms with Gasteiger partial charge in [-0.15, -0.1) is 0 Å². The molecule has 1 aromatic heterocycles. The Morgan fingerprint density at radius 2 is 1.56 bits per heavy atom. The predicted molar refractivity (Wildman–Crippen MR) is 126 cm³/mol. The zero-order valence-electron chi connectivity index (χ0n) is 18.6. The van der Waals surface area contributed by atoms with Gasteiger partial charge in [0.2, 0.25) is 5.95 Å². The molecule has 2 heterocycles. The van der Waals surface area contributed by atoms with Gasteiger partial charge in [0.05, 0.1) is 5.57 Å². The maximum Gasteiger partial charge on any atom is 0.338 e. The summed E-state index contributed by atoms with van der Waals surface area (Å²) in [6, 6.07) is 26.6. The van der Waals surface area contributed by atoms with Crippen LogP contribution in [0.1, 0.15) is 29.7 Å². The number of nitrogens with zero attached hydrogens (tertiary/aromatic N) is 4. The van der Waals surface area contributed by atoms with Crippen LogP contribution in [0.5, 0.6) is 5.75 Å². The number of aromatic nitrogens is 4. The quantitative estimate of drug-likeness (QED) is 0.418. The lowest BCUT2D eigenvalue weighted by molar-refractivity contribution is -0.140. The number of carbonyl (C=O) groups excluding carboxylic acids is 1. The SMILES string of the molecule is CC1=C(C(=O)OCc2ccccc2)C(c2ccc(OCc3ccccc3)cc2)n2nnnc2N1. The van der Waals surface area contributed by atoms with Crippen LogP contribution >= 0.6 is 0 Å². The second-order valence-electron chi connectivity index (χ2n) is 7.92. The number of ether oxygens (including phenoxy) is 2. The number of hydrogen-bond donors (Lipinski definition) is 1. The molecule has 1 aliphatic heterocycles. The van der Waals surface area contributed by atoms with Crippen LogP contribution in [-0.4, -0.2) is 26.2 Å². The maximum absolute atomic E-state index is 13.2. The lowest BCUT2D eigenvalue weighted by Crippen LogP contribution is -2.29. The summed E-state index contributed by atoms with van der Waals surface area (Å²) in [5.41, 5.74) is 3.94. The first-order chi connectivity index (χ1) is 16.7. The molecular formula is C26H23N5O3. The van der Waals surface area contributed by atoms with Crippen molar-refractivity contribution in [2.75, 3.05) is 5.32 Å². The van der Waals surface area contributed by atoms with E-state index >= 15 is 0 Å². The summed E-state index contributed by atoms with van der Waals surface area (Å²) in [5.74, 6) is 0.767. The maximum atomic E-state index is 13.2. The molecule has 0 saturated heterocycles. The van der Waals surface area contributed by atoms with Crippen molar-refractivity contribution >= 4 is 11.9 Å². The van der Waals surface area contributed by atoms with E-state index in [9.17, 15) is 4.79 Å². The summed E-state index contributed by atoms with van der Waals surface area (Å²) in [6.45, 7) is 2.47.